The molecule has 1 aliphatic rings. The van der Waals surface area contributed by atoms with Crippen molar-refractivity contribution in [3.63, 3.8) is 0 Å². The normalized spacial score (nSPS) is 16.0. The van der Waals surface area contributed by atoms with Gasteiger partial charge < -0.3 is 23.9 Å². The number of benzene rings is 3. The molecule has 5 rings (SSSR count). The van der Waals surface area contributed by atoms with Crippen molar-refractivity contribution in [3.8, 4) is 11.5 Å². The second kappa shape index (κ2) is 10.9. The number of nitrogens with one attached hydrogen (secondary N) is 1. The van der Waals surface area contributed by atoms with Crippen LogP contribution in [0.5, 0.6) is 11.5 Å². The molecule has 0 unspecified atom stereocenters. The van der Waals surface area contributed by atoms with Crippen LogP contribution < -0.4 is 9.47 Å². The van der Waals surface area contributed by atoms with Crippen LogP contribution in [0, 0.1) is 15.3 Å². The van der Waals surface area contributed by atoms with Crippen LogP contribution in [0.15, 0.2) is 66.9 Å². The van der Waals surface area contributed by atoms with Gasteiger partial charge >= 0.3 is 11.9 Å². The maximum atomic E-state index is 13.3. The number of halogens is 2. The third-order valence-electron chi connectivity index (χ3n) is 6.48. The molecular formula is C30H27FINO6. The lowest BCUT2D eigenvalue weighted by atomic mass is 9.80. The first kappa shape index (κ1) is 27.0. The average Bonchev–Trinajstić information content (AvgIpc) is 3.30. The highest BCUT2D eigenvalue weighted by Crippen LogP contribution is 2.44. The second-order valence-corrected chi connectivity index (χ2v) is 10.8. The summed E-state index contributed by atoms with van der Waals surface area (Å²) in [6, 6.07) is 17.4. The fraction of sp³-hybridized carbons (Fsp3) is 0.267. The lowest BCUT2D eigenvalue weighted by molar-refractivity contribution is -0.240. The molecule has 1 aliphatic heterocycles. The molecule has 4 aromatic rings. The number of carbonyl (C=O) groups excluding carboxylic acids is 2. The van der Waals surface area contributed by atoms with E-state index in [0.29, 0.717) is 23.7 Å². The van der Waals surface area contributed by atoms with E-state index in [2.05, 4.69) is 27.6 Å². The summed E-state index contributed by atoms with van der Waals surface area (Å²) < 4.78 is 37.2. The minimum atomic E-state index is -1.35. The summed E-state index contributed by atoms with van der Waals surface area (Å²) in [4.78, 5) is 29.8. The number of aromatic amines is 1. The molecule has 1 saturated heterocycles. The third-order valence-corrected chi connectivity index (χ3v) is 7.28. The molecule has 1 N–H and O–H groups in total. The molecule has 1 atom stereocenters. The maximum absolute atomic E-state index is 13.3. The van der Waals surface area contributed by atoms with Crippen molar-refractivity contribution < 1.29 is 32.9 Å². The zero-order chi connectivity index (χ0) is 27.7. The molecule has 39 heavy (non-hydrogen) atoms. The average molecular weight is 643 g/mol. The van der Waals surface area contributed by atoms with Crippen LogP contribution >= 0.6 is 22.6 Å². The van der Waals surface area contributed by atoms with Gasteiger partial charge in [-0.15, -0.1) is 0 Å². The van der Waals surface area contributed by atoms with Gasteiger partial charge in [-0.25, -0.2) is 4.39 Å². The Balaban J connectivity index is 1.60. The molecule has 0 amide bonds. The van der Waals surface area contributed by atoms with Crippen LogP contribution in [-0.4, -0.2) is 29.3 Å². The minimum absolute atomic E-state index is 0.206. The number of esters is 2. The van der Waals surface area contributed by atoms with Gasteiger partial charge in [0.25, 0.3) is 5.79 Å². The number of para-hydroxylation sites is 1. The van der Waals surface area contributed by atoms with Crippen molar-refractivity contribution in [1.82, 2.24) is 4.98 Å². The standard InChI is InChI=1S/C30H27FINO6/c1-4-36-24-14-18(13-22(32)27(24)37-16-17-9-11-19(31)12-10-17)25(21-15-33-23-8-6-5-7-20(21)23)26-28(34)38-30(2,3)39-29(26)35/h5-15,25-26,33H,4,16H2,1-3H3/t25-/m0/s1. The summed E-state index contributed by atoms with van der Waals surface area (Å²) in [7, 11) is 0. The Morgan fingerprint density at radius 2 is 1.72 bits per heavy atom. The molecule has 1 aromatic heterocycles. The number of aromatic nitrogens is 1. The number of carbonyl (C=O) groups is 2. The van der Waals surface area contributed by atoms with Crippen molar-refractivity contribution in [3.05, 3.63) is 92.9 Å². The smallest absolute Gasteiger partial charge is 0.324 e. The maximum Gasteiger partial charge on any atom is 0.324 e. The third kappa shape index (κ3) is 5.59. The Kier molecular flexibility index (Phi) is 7.53. The summed E-state index contributed by atoms with van der Waals surface area (Å²) in [5.74, 6) is -3.96. The molecule has 0 spiro atoms. The van der Waals surface area contributed by atoms with Crippen LogP contribution in [0.3, 0.4) is 0 Å². The number of hydrogen-bond donors (Lipinski definition) is 1. The molecule has 0 aliphatic carbocycles. The van der Waals surface area contributed by atoms with Gasteiger partial charge in [0, 0.05) is 36.9 Å². The van der Waals surface area contributed by atoms with Crippen molar-refractivity contribution in [2.75, 3.05) is 6.61 Å². The zero-order valence-electron chi connectivity index (χ0n) is 21.6. The Morgan fingerprint density at radius 3 is 2.41 bits per heavy atom. The van der Waals surface area contributed by atoms with Crippen LogP contribution in [0.2, 0.25) is 0 Å². The van der Waals surface area contributed by atoms with Gasteiger partial charge in [0.2, 0.25) is 0 Å². The highest BCUT2D eigenvalue weighted by molar-refractivity contribution is 14.1. The van der Waals surface area contributed by atoms with Crippen LogP contribution in [0.4, 0.5) is 4.39 Å². The SMILES string of the molecule is CCOc1cc([C@@H](c2c[nH]c3ccccc23)C2C(=O)OC(C)(C)OC2=O)cc(I)c1OCc1ccc(F)cc1. The number of H-pyrrole nitrogens is 1. The predicted molar refractivity (Wildman–Crippen MR) is 151 cm³/mol. The molecule has 2 heterocycles. The molecule has 0 radical (unpaired) electrons. The second-order valence-electron chi connectivity index (χ2n) is 9.67. The Hall–Kier alpha value is -3.60. The highest BCUT2D eigenvalue weighted by Gasteiger charge is 2.49. The van der Waals surface area contributed by atoms with E-state index in [9.17, 15) is 14.0 Å². The number of fused-ring (bicyclic) bond motifs is 1. The quantitative estimate of drug-likeness (QED) is 0.135. The Labute approximate surface area is 238 Å². The van der Waals surface area contributed by atoms with Gasteiger partial charge in [0.15, 0.2) is 17.4 Å². The largest absolute Gasteiger partial charge is 0.490 e. The van der Waals surface area contributed by atoms with Crippen molar-refractivity contribution >= 4 is 45.4 Å². The Bertz CT molecular complexity index is 1510. The van der Waals surface area contributed by atoms with Crippen LogP contribution in [-0.2, 0) is 25.7 Å². The topological polar surface area (TPSA) is 86.9 Å². The first-order valence-corrected chi connectivity index (χ1v) is 13.6. The van der Waals surface area contributed by atoms with Crippen molar-refractivity contribution in [2.45, 2.75) is 39.1 Å². The summed E-state index contributed by atoms with van der Waals surface area (Å²) in [5, 5.41) is 0.873. The van der Waals surface area contributed by atoms with E-state index in [-0.39, 0.29) is 12.4 Å². The molecule has 0 bridgehead atoms. The monoisotopic (exact) mass is 643 g/mol. The van der Waals surface area contributed by atoms with Gasteiger partial charge in [-0.1, -0.05) is 30.3 Å². The summed E-state index contributed by atoms with van der Waals surface area (Å²) in [5.41, 5.74) is 3.09. The van der Waals surface area contributed by atoms with E-state index in [0.717, 1.165) is 25.6 Å². The molecule has 9 heteroatoms. The number of cyclic esters (lactones) is 2. The number of hydrogen-bond acceptors (Lipinski definition) is 6. The van der Waals surface area contributed by atoms with Gasteiger partial charge in [0.05, 0.1) is 10.2 Å². The molecule has 3 aromatic carbocycles. The Morgan fingerprint density at radius 1 is 1.03 bits per heavy atom. The molecule has 202 valence electrons. The first-order valence-electron chi connectivity index (χ1n) is 12.5. The predicted octanol–water partition coefficient (Wildman–Crippen LogP) is 6.47. The van der Waals surface area contributed by atoms with E-state index < -0.39 is 29.6 Å². The fourth-order valence-electron chi connectivity index (χ4n) is 4.81. The highest BCUT2D eigenvalue weighted by atomic mass is 127. The van der Waals surface area contributed by atoms with Crippen LogP contribution in [0.1, 0.15) is 43.4 Å². The van der Waals surface area contributed by atoms with E-state index in [4.69, 9.17) is 18.9 Å². The van der Waals surface area contributed by atoms with Crippen LogP contribution in [0.25, 0.3) is 10.9 Å². The van der Waals surface area contributed by atoms with E-state index >= 15 is 0 Å². The lowest BCUT2D eigenvalue weighted by Crippen LogP contribution is -2.48. The first-order chi connectivity index (χ1) is 18.7. The van der Waals surface area contributed by atoms with E-state index in [1.165, 1.54) is 26.0 Å². The fourth-order valence-corrected chi connectivity index (χ4v) is 5.59. The summed E-state index contributed by atoms with van der Waals surface area (Å²) in [6.07, 6.45) is 1.81. The van der Waals surface area contributed by atoms with Gasteiger partial charge in [0.1, 0.15) is 12.4 Å². The summed E-state index contributed by atoms with van der Waals surface area (Å²) >= 11 is 2.15. The number of rotatable bonds is 8. The van der Waals surface area contributed by atoms with Crippen molar-refractivity contribution in [1.29, 1.82) is 0 Å². The molecule has 7 nitrogen and oxygen atoms in total. The lowest BCUT2D eigenvalue weighted by Gasteiger charge is -2.36. The summed E-state index contributed by atoms with van der Waals surface area (Å²) in [6.45, 7) is 5.49. The minimum Gasteiger partial charge on any atom is -0.490 e. The zero-order valence-corrected chi connectivity index (χ0v) is 23.8. The molecule has 1 fully saturated rings. The van der Waals surface area contributed by atoms with E-state index in [1.807, 2.05) is 43.5 Å². The van der Waals surface area contributed by atoms with Crippen molar-refractivity contribution in [2.24, 2.45) is 5.92 Å². The molecule has 0 saturated carbocycles. The van der Waals surface area contributed by atoms with Gasteiger partial charge in [-0.05, 0) is 76.5 Å². The van der Waals surface area contributed by atoms with Gasteiger partial charge in [-0.2, -0.15) is 0 Å². The van der Waals surface area contributed by atoms with Gasteiger partial charge in [-0.3, -0.25) is 9.59 Å². The molecular weight excluding hydrogens is 616 g/mol. The van der Waals surface area contributed by atoms with E-state index in [1.54, 1.807) is 18.2 Å². The number of ether oxygens (including phenoxy) is 4.